The van der Waals surface area contributed by atoms with Gasteiger partial charge < -0.3 is 10.2 Å². The summed E-state index contributed by atoms with van der Waals surface area (Å²) in [5.74, 6) is -1.38. The van der Waals surface area contributed by atoms with Crippen LogP contribution in [0.25, 0.3) is 0 Å². The van der Waals surface area contributed by atoms with Gasteiger partial charge in [-0.05, 0) is 54.1 Å². The Morgan fingerprint density at radius 2 is 1.61 bits per heavy atom. The van der Waals surface area contributed by atoms with Gasteiger partial charge in [0.05, 0.1) is 5.56 Å². The normalized spacial score (nSPS) is 12.0. The highest BCUT2D eigenvalue weighted by molar-refractivity contribution is 6.31. The molecule has 3 aromatic rings. The number of halogens is 3. The molecule has 5 nitrogen and oxygen atoms in total. The summed E-state index contributed by atoms with van der Waals surface area (Å²) in [6.45, 7) is 1.55. The van der Waals surface area contributed by atoms with Gasteiger partial charge in [-0.3, -0.25) is 15.0 Å². The molecule has 8 heteroatoms. The van der Waals surface area contributed by atoms with Crippen molar-refractivity contribution in [1.29, 1.82) is 5.41 Å². The van der Waals surface area contributed by atoms with E-state index >= 15 is 0 Å². The number of carbonyl (C=O) groups is 2. The fourth-order valence-electron chi connectivity index (χ4n) is 3.26. The molecule has 3 aromatic carbocycles. The number of benzene rings is 3. The molecule has 0 unspecified atom stereocenters. The zero-order valence-electron chi connectivity index (χ0n) is 16.8. The number of carbonyl (C=O) groups excluding carboxylic acids is 2. The zero-order valence-corrected chi connectivity index (χ0v) is 18.3. The Morgan fingerprint density at radius 3 is 2.24 bits per heavy atom. The van der Waals surface area contributed by atoms with E-state index in [2.05, 4.69) is 5.32 Å². The van der Waals surface area contributed by atoms with Gasteiger partial charge in [0.1, 0.15) is 11.7 Å². The lowest BCUT2D eigenvalue weighted by molar-refractivity contribution is 0.0988. The van der Waals surface area contributed by atoms with Crippen LogP contribution in [0.2, 0.25) is 10.0 Å². The minimum atomic E-state index is -0.694. The largest absolute Gasteiger partial charge is 0.353 e. The molecule has 170 valence electrons. The molecule has 1 fully saturated rings. The van der Waals surface area contributed by atoms with Crippen molar-refractivity contribution in [3.05, 3.63) is 98.8 Å². The van der Waals surface area contributed by atoms with Crippen LogP contribution < -0.4 is 5.32 Å². The fraction of sp³-hybridized carbons (Fsp3) is 0.160. The van der Waals surface area contributed by atoms with Crippen molar-refractivity contribution < 1.29 is 14.0 Å². The number of hydrogen-bond donors (Lipinski definition) is 2. The van der Waals surface area contributed by atoms with E-state index in [1.165, 1.54) is 18.2 Å². The summed E-state index contributed by atoms with van der Waals surface area (Å²) < 4.78 is 14.6. The Labute approximate surface area is 201 Å². The van der Waals surface area contributed by atoms with E-state index in [9.17, 15) is 14.0 Å². The van der Waals surface area contributed by atoms with Crippen molar-refractivity contribution in [2.75, 3.05) is 18.4 Å². The molecule has 1 aliphatic rings. The molecule has 2 N–H and O–H groups in total. The molecule has 1 heterocycles. The molecule has 1 amide bonds. The van der Waals surface area contributed by atoms with Crippen LogP contribution in [0, 0.1) is 11.2 Å². The van der Waals surface area contributed by atoms with E-state index in [0.29, 0.717) is 26.9 Å². The first-order valence-corrected chi connectivity index (χ1v) is 10.6. The van der Waals surface area contributed by atoms with Crippen LogP contribution in [0.5, 0.6) is 0 Å². The summed E-state index contributed by atoms with van der Waals surface area (Å²) in [6, 6.07) is 15.4. The first-order valence-electron chi connectivity index (χ1n) is 9.84. The van der Waals surface area contributed by atoms with Crippen LogP contribution in [0.1, 0.15) is 39.3 Å². The lowest BCUT2D eigenvalue weighted by Crippen LogP contribution is -2.17. The molecule has 0 saturated carbocycles. The van der Waals surface area contributed by atoms with Crippen LogP contribution in [-0.4, -0.2) is 35.5 Å². The topological polar surface area (TPSA) is 73.0 Å². The minimum absolute atomic E-state index is 0. The summed E-state index contributed by atoms with van der Waals surface area (Å²) in [5.41, 5.74) is 1.51. The summed E-state index contributed by atoms with van der Waals surface area (Å²) in [5, 5.41) is 11.6. The molecule has 0 atom stereocenters. The van der Waals surface area contributed by atoms with E-state index in [-0.39, 0.29) is 30.8 Å². The average molecular weight is 486 g/mol. The van der Waals surface area contributed by atoms with Gasteiger partial charge >= 0.3 is 0 Å². The van der Waals surface area contributed by atoms with Crippen LogP contribution in [0.3, 0.4) is 0 Å². The van der Waals surface area contributed by atoms with Gasteiger partial charge in [0.25, 0.3) is 5.91 Å². The number of amidine groups is 1. The third kappa shape index (κ3) is 5.78. The Hall–Kier alpha value is -3.22. The van der Waals surface area contributed by atoms with Gasteiger partial charge in [-0.2, -0.15) is 0 Å². The molecule has 0 aliphatic carbocycles. The number of Topliss-reactive ketones (excluding diaryl/α,β-unsaturated/α-hetero) is 1. The molecular weight excluding hydrogens is 464 g/mol. The second-order valence-corrected chi connectivity index (χ2v) is 8.27. The Kier molecular flexibility index (Phi) is 7.51. The van der Waals surface area contributed by atoms with Gasteiger partial charge in [-0.1, -0.05) is 42.8 Å². The summed E-state index contributed by atoms with van der Waals surface area (Å²) in [4.78, 5) is 27.5. The smallest absolute Gasteiger partial charge is 0.256 e. The first kappa shape index (κ1) is 24.4. The second kappa shape index (κ2) is 10.1. The number of rotatable bonds is 6. The van der Waals surface area contributed by atoms with Crippen LogP contribution in [0.15, 0.2) is 60.7 Å². The van der Waals surface area contributed by atoms with Gasteiger partial charge in [0.15, 0.2) is 5.78 Å². The maximum atomic E-state index is 14.6. The Morgan fingerprint density at radius 1 is 0.939 bits per heavy atom. The molecule has 1 aliphatic heterocycles. The number of amides is 1. The molecule has 0 radical (unpaired) electrons. The maximum absolute atomic E-state index is 14.6. The highest BCUT2D eigenvalue weighted by Gasteiger charge is 2.24. The molecule has 33 heavy (non-hydrogen) atoms. The lowest BCUT2D eigenvalue weighted by atomic mass is 9.97. The second-order valence-electron chi connectivity index (χ2n) is 7.39. The van der Waals surface area contributed by atoms with Crippen molar-refractivity contribution in [3.63, 3.8) is 0 Å². The number of anilines is 1. The summed E-state index contributed by atoms with van der Waals surface area (Å²) in [6.07, 6.45) is -0.180. The van der Waals surface area contributed by atoms with Crippen LogP contribution in [-0.2, 0) is 6.42 Å². The van der Waals surface area contributed by atoms with E-state index in [0.717, 1.165) is 13.1 Å². The third-order valence-corrected chi connectivity index (χ3v) is 5.56. The number of ketones is 1. The molecule has 0 spiro atoms. The van der Waals surface area contributed by atoms with E-state index in [1.54, 1.807) is 47.4 Å². The van der Waals surface area contributed by atoms with Crippen molar-refractivity contribution >= 4 is 46.4 Å². The SMILES string of the molecule is C.N=C(c1ccc(C(=O)Cc2ccc(Cl)cc2C(=O)Nc2ccc(Cl)cc2)c(F)c1)N1CC1. The lowest BCUT2D eigenvalue weighted by Gasteiger charge is -2.12. The Bertz CT molecular complexity index is 1220. The van der Waals surface area contributed by atoms with Crippen LogP contribution >= 0.6 is 23.2 Å². The molecule has 1 saturated heterocycles. The maximum Gasteiger partial charge on any atom is 0.256 e. The summed E-state index contributed by atoms with van der Waals surface area (Å²) >= 11 is 11.9. The zero-order chi connectivity index (χ0) is 22.8. The van der Waals surface area contributed by atoms with Crippen LogP contribution in [0.4, 0.5) is 10.1 Å². The van der Waals surface area contributed by atoms with Crippen molar-refractivity contribution in [2.45, 2.75) is 13.8 Å². The summed E-state index contributed by atoms with van der Waals surface area (Å²) in [7, 11) is 0. The number of hydrogen-bond acceptors (Lipinski definition) is 3. The standard InChI is InChI=1S/C24H18Cl2FN3O2.CH4/c25-16-4-6-18(7-5-16)29-24(32)20-13-17(26)3-1-14(20)12-22(31)19-8-2-15(11-21(19)27)23(28)30-9-10-30;/h1-8,11,13,28H,9-10,12H2,(H,29,32);1H4. The Balaban J connectivity index is 0.00000306. The van der Waals surface area contributed by atoms with Crippen molar-refractivity contribution in [2.24, 2.45) is 0 Å². The van der Waals surface area contributed by atoms with Crippen molar-refractivity contribution in [3.8, 4) is 0 Å². The molecule has 4 rings (SSSR count). The molecule has 0 aromatic heterocycles. The van der Waals surface area contributed by atoms with E-state index in [4.69, 9.17) is 28.6 Å². The first-order chi connectivity index (χ1) is 15.3. The number of nitrogens with one attached hydrogen (secondary N) is 2. The van der Waals surface area contributed by atoms with Gasteiger partial charge in [-0.25, -0.2) is 4.39 Å². The van der Waals surface area contributed by atoms with Gasteiger partial charge in [0, 0.05) is 46.4 Å². The highest BCUT2D eigenvalue weighted by Crippen LogP contribution is 2.22. The monoisotopic (exact) mass is 485 g/mol. The third-order valence-electron chi connectivity index (χ3n) is 5.08. The molecular formula is C25H22Cl2FN3O2. The number of nitrogens with zero attached hydrogens (tertiary/aromatic N) is 1. The van der Waals surface area contributed by atoms with E-state index in [1.807, 2.05) is 0 Å². The minimum Gasteiger partial charge on any atom is -0.353 e. The van der Waals surface area contributed by atoms with Crippen molar-refractivity contribution in [1.82, 2.24) is 4.90 Å². The fourth-order valence-corrected chi connectivity index (χ4v) is 3.56. The van der Waals surface area contributed by atoms with Gasteiger partial charge in [-0.15, -0.1) is 0 Å². The predicted octanol–water partition coefficient (Wildman–Crippen LogP) is 6.09. The van der Waals surface area contributed by atoms with Gasteiger partial charge in [0.2, 0.25) is 0 Å². The quantitative estimate of drug-likeness (QED) is 0.192. The van der Waals surface area contributed by atoms with E-state index < -0.39 is 17.5 Å². The average Bonchev–Trinajstić information content (AvgIpc) is 3.61. The predicted molar refractivity (Wildman–Crippen MR) is 130 cm³/mol. The highest BCUT2D eigenvalue weighted by atomic mass is 35.5. The molecule has 0 bridgehead atoms.